The van der Waals surface area contributed by atoms with Crippen LogP contribution in [0.25, 0.3) is 5.82 Å². The number of ether oxygens (including phenoxy) is 1. The summed E-state index contributed by atoms with van der Waals surface area (Å²) < 4.78 is 93.2. The Bertz CT molecular complexity index is 1310. The van der Waals surface area contributed by atoms with E-state index < -0.39 is 51.6 Å². The van der Waals surface area contributed by atoms with Crippen molar-refractivity contribution in [3.05, 3.63) is 34.5 Å². The number of carbonyl (C=O) groups excluding carboxylic acids is 1. The molecule has 0 radical (unpaired) electrons. The van der Waals surface area contributed by atoms with Gasteiger partial charge in [0.2, 0.25) is 0 Å². The molecule has 0 spiro atoms. The summed E-state index contributed by atoms with van der Waals surface area (Å²) in [5.41, 5.74) is -1.37. The molecule has 0 saturated heterocycles. The molecule has 16 heteroatoms. The highest BCUT2D eigenvalue weighted by molar-refractivity contribution is 7.91. The summed E-state index contributed by atoms with van der Waals surface area (Å²) in [7, 11) is -3.25. The van der Waals surface area contributed by atoms with E-state index in [0.717, 1.165) is 16.9 Å². The van der Waals surface area contributed by atoms with Crippen LogP contribution in [0, 0.1) is 0 Å². The summed E-state index contributed by atoms with van der Waals surface area (Å²) in [6.07, 6.45) is -2.46. The van der Waals surface area contributed by atoms with Crippen molar-refractivity contribution in [1.82, 2.24) is 19.9 Å². The van der Waals surface area contributed by atoms with Crippen LogP contribution in [0.5, 0.6) is 5.75 Å². The van der Waals surface area contributed by atoms with Gasteiger partial charge in [0.15, 0.2) is 17.3 Å². The molecular formula is C24H30ClF5N4O5S. The normalized spacial score (nSPS) is 20.1. The highest BCUT2D eigenvalue weighted by Crippen LogP contribution is 2.33. The van der Waals surface area contributed by atoms with Crippen LogP contribution in [0.2, 0.25) is 5.15 Å². The highest BCUT2D eigenvalue weighted by Gasteiger charge is 2.37. The zero-order valence-corrected chi connectivity index (χ0v) is 23.3. The smallest absolute Gasteiger partial charge is 0.389 e. The minimum atomic E-state index is -4.36. The maximum Gasteiger partial charge on any atom is 0.389 e. The number of rotatable bonds is 11. The molecular weight excluding hydrogens is 587 g/mol. The SMILES string of the molecule is CCc1nc(C(=O)NCC2(O)CCC(S(C)(=O)=O)CC2)c(Cl)n1-c1ncc(CCCC(F)(F)F)cc1OC(F)F. The Labute approximate surface area is 233 Å². The third-order valence-corrected chi connectivity index (χ3v) is 8.74. The fourth-order valence-corrected chi connectivity index (χ4v) is 5.96. The quantitative estimate of drug-likeness (QED) is 0.358. The summed E-state index contributed by atoms with van der Waals surface area (Å²) in [4.78, 5) is 21.3. The van der Waals surface area contributed by atoms with Crippen LogP contribution in [-0.4, -0.2) is 70.4 Å². The average molecular weight is 617 g/mol. The van der Waals surface area contributed by atoms with E-state index in [-0.39, 0.29) is 79.5 Å². The van der Waals surface area contributed by atoms with E-state index in [1.807, 2.05) is 0 Å². The summed E-state index contributed by atoms with van der Waals surface area (Å²) in [5.74, 6) is -1.29. The van der Waals surface area contributed by atoms with E-state index in [9.17, 15) is 40.3 Å². The minimum Gasteiger partial charge on any atom is -0.431 e. The van der Waals surface area contributed by atoms with Crippen molar-refractivity contribution in [1.29, 1.82) is 0 Å². The predicted octanol–water partition coefficient (Wildman–Crippen LogP) is 4.42. The van der Waals surface area contributed by atoms with Crippen molar-refractivity contribution < 1.29 is 45.0 Å². The Morgan fingerprint density at radius 3 is 2.52 bits per heavy atom. The number of sulfone groups is 1. The standard InChI is InChI=1S/C24H30ClF5N4O5S/c1-3-17-33-18(21(35)32-13-23(36)9-6-15(7-10-23)40(2,37)38)19(25)34(17)20-16(39-22(26)27)11-14(12-31-20)5-4-8-24(28,29)30/h11-12,15,22,36H,3-10,13H2,1-2H3,(H,32,35). The zero-order valence-electron chi connectivity index (χ0n) is 21.8. The largest absolute Gasteiger partial charge is 0.431 e. The number of aryl methyl sites for hydroxylation is 2. The average Bonchev–Trinajstić information content (AvgIpc) is 3.17. The molecule has 3 rings (SSSR count). The minimum absolute atomic E-state index is 0.0911. The predicted molar refractivity (Wildman–Crippen MR) is 136 cm³/mol. The summed E-state index contributed by atoms with van der Waals surface area (Å²) in [6, 6.07) is 1.14. The van der Waals surface area contributed by atoms with Crippen LogP contribution in [-0.2, 0) is 22.7 Å². The van der Waals surface area contributed by atoms with Crippen molar-refractivity contribution in [2.45, 2.75) is 81.9 Å². The van der Waals surface area contributed by atoms with E-state index in [1.165, 1.54) is 6.20 Å². The molecule has 9 nitrogen and oxygen atoms in total. The molecule has 224 valence electrons. The molecule has 40 heavy (non-hydrogen) atoms. The van der Waals surface area contributed by atoms with Gasteiger partial charge in [-0.3, -0.25) is 9.36 Å². The third kappa shape index (κ3) is 8.26. The lowest BCUT2D eigenvalue weighted by atomic mass is 9.84. The number of nitrogens with one attached hydrogen (secondary N) is 1. The van der Waals surface area contributed by atoms with Crippen LogP contribution in [0.15, 0.2) is 12.3 Å². The molecule has 2 heterocycles. The van der Waals surface area contributed by atoms with Crippen molar-refractivity contribution in [2.24, 2.45) is 0 Å². The second-order valence-corrected chi connectivity index (χ2v) is 12.5. The monoisotopic (exact) mass is 616 g/mol. The second-order valence-electron chi connectivity index (χ2n) is 9.80. The van der Waals surface area contributed by atoms with Crippen LogP contribution < -0.4 is 10.1 Å². The highest BCUT2D eigenvalue weighted by atomic mass is 35.5. The Hall–Kier alpha value is -2.52. The summed E-state index contributed by atoms with van der Waals surface area (Å²) in [6.45, 7) is -1.81. The van der Waals surface area contributed by atoms with Gasteiger partial charge in [0.05, 0.1) is 10.9 Å². The third-order valence-electron chi connectivity index (χ3n) is 6.71. The molecule has 1 saturated carbocycles. The van der Waals surface area contributed by atoms with Crippen molar-refractivity contribution in [2.75, 3.05) is 12.8 Å². The molecule has 0 aliphatic heterocycles. The first kappa shape index (κ1) is 32.0. The first-order valence-electron chi connectivity index (χ1n) is 12.5. The first-order chi connectivity index (χ1) is 18.5. The van der Waals surface area contributed by atoms with E-state index in [0.29, 0.717) is 0 Å². The summed E-state index contributed by atoms with van der Waals surface area (Å²) >= 11 is 6.45. The van der Waals surface area contributed by atoms with Crippen LogP contribution in [0.1, 0.15) is 67.3 Å². The number of pyridine rings is 1. The van der Waals surface area contributed by atoms with E-state index in [4.69, 9.17) is 11.6 Å². The zero-order chi connectivity index (χ0) is 29.9. The van der Waals surface area contributed by atoms with Gasteiger partial charge in [0, 0.05) is 31.8 Å². The maximum atomic E-state index is 13.2. The van der Waals surface area contributed by atoms with Crippen molar-refractivity contribution >= 4 is 27.3 Å². The van der Waals surface area contributed by atoms with Crippen LogP contribution in [0.3, 0.4) is 0 Å². The molecule has 1 fully saturated rings. The lowest BCUT2D eigenvalue weighted by molar-refractivity contribution is -0.135. The molecule has 0 atom stereocenters. The van der Waals surface area contributed by atoms with Crippen molar-refractivity contribution in [3.8, 4) is 11.6 Å². The van der Waals surface area contributed by atoms with Gasteiger partial charge >= 0.3 is 12.8 Å². The number of hydrogen-bond acceptors (Lipinski definition) is 7. The van der Waals surface area contributed by atoms with E-state index in [2.05, 4.69) is 20.0 Å². The van der Waals surface area contributed by atoms with Gasteiger partial charge in [-0.1, -0.05) is 18.5 Å². The van der Waals surface area contributed by atoms with Gasteiger partial charge < -0.3 is 15.2 Å². The molecule has 1 aliphatic carbocycles. The molecule has 2 aromatic rings. The van der Waals surface area contributed by atoms with Crippen LogP contribution >= 0.6 is 11.6 Å². The van der Waals surface area contributed by atoms with E-state index >= 15 is 0 Å². The van der Waals surface area contributed by atoms with Gasteiger partial charge in [-0.05, 0) is 50.2 Å². The molecule has 0 bridgehead atoms. The van der Waals surface area contributed by atoms with Crippen molar-refractivity contribution in [3.63, 3.8) is 0 Å². The number of nitrogens with zero attached hydrogens (tertiary/aromatic N) is 3. The second kappa shape index (κ2) is 12.6. The van der Waals surface area contributed by atoms with Gasteiger partial charge in [-0.25, -0.2) is 18.4 Å². The first-order valence-corrected chi connectivity index (χ1v) is 14.8. The molecule has 0 aromatic carbocycles. The lowest BCUT2D eigenvalue weighted by Crippen LogP contribution is -2.47. The number of aliphatic hydroxyl groups is 1. The fraction of sp³-hybridized carbons (Fsp3) is 0.625. The Kier molecular flexibility index (Phi) is 10.0. The maximum absolute atomic E-state index is 13.2. The fourth-order valence-electron chi connectivity index (χ4n) is 4.56. The van der Waals surface area contributed by atoms with Gasteiger partial charge in [-0.2, -0.15) is 22.0 Å². The molecule has 0 unspecified atom stereocenters. The Morgan fingerprint density at radius 2 is 1.98 bits per heavy atom. The number of alkyl halides is 5. The number of aromatic nitrogens is 3. The number of amides is 1. The lowest BCUT2D eigenvalue weighted by Gasteiger charge is -2.35. The topological polar surface area (TPSA) is 123 Å². The number of hydrogen-bond donors (Lipinski definition) is 2. The summed E-state index contributed by atoms with van der Waals surface area (Å²) in [5, 5.41) is 12.5. The van der Waals surface area contributed by atoms with Gasteiger partial charge in [0.25, 0.3) is 5.91 Å². The Balaban J connectivity index is 1.82. The van der Waals surface area contributed by atoms with E-state index in [1.54, 1.807) is 6.92 Å². The molecule has 1 aliphatic rings. The van der Waals surface area contributed by atoms with Gasteiger partial charge in [0.1, 0.15) is 20.8 Å². The van der Waals surface area contributed by atoms with Crippen LogP contribution in [0.4, 0.5) is 22.0 Å². The van der Waals surface area contributed by atoms with Gasteiger partial charge in [-0.15, -0.1) is 0 Å². The number of imidazole rings is 1. The number of carbonyl (C=O) groups is 1. The molecule has 2 aromatic heterocycles. The molecule has 1 amide bonds. The Morgan fingerprint density at radius 1 is 1.32 bits per heavy atom. The number of halogens is 6. The molecule has 2 N–H and O–H groups in total.